The zero-order chi connectivity index (χ0) is 27.5. The Kier molecular flexibility index (Phi) is 15.4. The molecule has 0 aliphatic carbocycles. The number of aliphatic hydroxyl groups is 1. The van der Waals surface area contributed by atoms with Gasteiger partial charge < -0.3 is 35.1 Å². The van der Waals surface area contributed by atoms with Gasteiger partial charge in [-0.3, -0.25) is 4.79 Å². The van der Waals surface area contributed by atoms with Crippen molar-refractivity contribution in [2.75, 3.05) is 41.1 Å². The molecule has 0 aliphatic rings. The molecule has 0 aromatic heterocycles. The van der Waals surface area contributed by atoms with Gasteiger partial charge in [0.2, 0.25) is 5.60 Å². The van der Waals surface area contributed by atoms with E-state index in [0.29, 0.717) is 44.5 Å². The minimum atomic E-state index is -4.91. The number of amides is 1. The Balaban J connectivity index is 0.0000130. The predicted molar refractivity (Wildman–Crippen MR) is 137 cm³/mol. The first-order chi connectivity index (χ1) is 16.8. The second kappa shape index (κ2) is 16.2. The van der Waals surface area contributed by atoms with E-state index in [4.69, 9.17) is 19.9 Å². The normalized spacial score (nSPS) is 15.8. The van der Waals surface area contributed by atoms with Crippen molar-refractivity contribution in [2.24, 2.45) is 17.6 Å². The smallest absolute Gasteiger partial charge is 0.426 e. The molecule has 1 aromatic carbocycles. The molecule has 8 nitrogen and oxygen atoms in total. The van der Waals surface area contributed by atoms with E-state index in [1.165, 1.54) is 0 Å². The monoisotopic (exact) mass is 558 g/mol. The van der Waals surface area contributed by atoms with Crippen LogP contribution in [0.2, 0.25) is 0 Å². The largest absolute Gasteiger partial charge is 0.493 e. The van der Waals surface area contributed by atoms with Gasteiger partial charge in [-0.1, -0.05) is 19.9 Å². The summed E-state index contributed by atoms with van der Waals surface area (Å²) in [4.78, 5) is 12.1. The molecule has 0 saturated carbocycles. The second-order valence-electron chi connectivity index (χ2n) is 9.30. The van der Waals surface area contributed by atoms with Crippen molar-refractivity contribution in [3.63, 3.8) is 0 Å². The van der Waals surface area contributed by atoms with Crippen LogP contribution >= 0.6 is 12.4 Å². The number of alkyl halides is 3. The molecule has 4 atom stereocenters. The lowest BCUT2D eigenvalue weighted by Crippen LogP contribution is -2.58. The molecule has 37 heavy (non-hydrogen) atoms. The van der Waals surface area contributed by atoms with Crippen molar-refractivity contribution in [3.8, 4) is 11.5 Å². The molecule has 0 aliphatic heterocycles. The van der Waals surface area contributed by atoms with Crippen LogP contribution in [0.25, 0.3) is 0 Å². The van der Waals surface area contributed by atoms with Crippen molar-refractivity contribution >= 4 is 18.3 Å². The summed E-state index contributed by atoms with van der Waals surface area (Å²) in [7, 11) is 4.00. The van der Waals surface area contributed by atoms with E-state index in [1.54, 1.807) is 14.2 Å². The van der Waals surface area contributed by atoms with Crippen molar-refractivity contribution in [1.82, 2.24) is 5.32 Å². The molecule has 0 bridgehead atoms. The van der Waals surface area contributed by atoms with Gasteiger partial charge in [0.05, 0.1) is 19.8 Å². The molecule has 3 unspecified atom stereocenters. The molecule has 0 radical (unpaired) electrons. The Morgan fingerprint density at radius 3 is 2.30 bits per heavy atom. The summed E-state index contributed by atoms with van der Waals surface area (Å²) in [6.45, 7) is 5.32. The number of rotatable bonds is 16. The van der Waals surface area contributed by atoms with E-state index in [-0.39, 0.29) is 24.2 Å². The van der Waals surface area contributed by atoms with Gasteiger partial charge in [0.15, 0.2) is 11.5 Å². The van der Waals surface area contributed by atoms with Crippen molar-refractivity contribution in [3.05, 3.63) is 23.8 Å². The van der Waals surface area contributed by atoms with Gasteiger partial charge in [0, 0.05) is 39.8 Å². The summed E-state index contributed by atoms with van der Waals surface area (Å²) >= 11 is 0. The Labute approximate surface area is 223 Å². The molecule has 1 aromatic rings. The van der Waals surface area contributed by atoms with Crippen LogP contribution in [0.15, 0.2) is 18.2 Å². The number of halogens is 4. The zero-order valence-electron chi connectivity index (χ0n) is 22.4. The molecule has 1 amide bonds. The van der Waals surface area contributed by atoms with Gasteiger partial charge in [0.1, 0.15) is 0 Å². The van der Waals surface area contributed by atoms with Crippen molar-refractivity contribution in [2.45, 2.75) is 64.0 Å². The molecular weight excluding hydrogens is 517 g/mol. The number of hydrogen-bond donors (Lipinski definition) is 3. The van der Waals surface area contributed by atoms with Crippen LogP contribution in [0.5, 0.6) is 11.5 Å². The van der Waals surface area contributed by atoms with Crippen LogP contribution in [-0.4, -0.2) is 76.0 Å². The minimum Gasteiger partial charge on any atom is -0.493 e. The third kappa shape index (κ3) is 10.5. The summed E-state index contributed by atoms with van der Waals surface area (Å²) in [5.41, 5.74) is 4.16. The van der Waals surface area contributed by atoms with Crippen LogP contribution in [0.1, 0.15) is 39.2 Å². The number of nitrogens with one attached hydrogen (secondary N) is 1. The number of benzene rings is 1. The molecule has 0 spiro atoms. The Morgan fingerprint density at radius 1 is 1.14 bits per heavy atom. The highest BCUT2D eigenvalue weighted by Gasteiger charge is 2.57. The van der Waals surface area contributed by atoms with Gasteiger partial charge in [0.25, 0.3) is 5.91 Å². The standard InChI is InChI=1S/C25H41F3N2O6.ClH/c1-16(2)18(12-17-8-9-21(34-5)22(13-17)36-11-7-10-33-4)14-19(29)20(31)15-30-23(32)24(3,35-6)25(26,27)28;/h8-9,13,16,18-20,31H,7,10-12,14-15,29H2,1-6H3,(H,30,32);1H/t18?,19?,20?,24-;/m0./s1. The van der Waals surface area contributed by atoms with Crippen molar-refractivity contribution in [1.29, 1.82) is 0 Å². The first kappa shape index (κ1) is 35.2. The Morgan fingerprint density at radius 2 is 1.78 bits per heavy atom. The van der Waals surface area contributed by atoms with Gasteiger partial charge >= 0.3 is 6.18 Å². The molecule has 12 heteroatoms. The summed E-state index contributed by atoms with van der Waals surface area (Å²) in [6, 6.07) is 4.91. The van der Waals surface area contributed by atoms with E-state index in [2.05, 4.69) is 10.1 Å². The molecule has 4 N–H and O–H groups in total. The average Bonchev–Trinajstić information content (AvgIpc) is 2.83. The highest BCUT2D eigenvalue weighted by Crippen LogP contribution is 2.33. The maximum absolute atomic E-state index is 13.2. The molecule has 0 saturated heterocycles. The first-order valence-electron chi connectivity index (χ1n) is 11.9. The van der Waals surface area contributed by atoms with Gasteiger partial charge in [-0.2, -0.15) is 13.2 Å². The summed E-state index contributed by atoms with van der Waals surface area (Å²) in [6.07, 6.45) is -4.38. The highest BCUT2D eigenvalue weighted by molar-refractivity contribution is 5.86. The quantitative estimate of drug-likeness (QED) is 0.266. The van der Waals surface area contributed by atoms with Crippen LogP contribution in [0.4, 0.5) is 13.2 Å². The van der Waals surface area contributed by atoms with E-state index < -0.39 is 36.4 Å². The number of carbonyl (C=O) groups excluding carboxylic acids is 1. The topological polar surface area (TPSA) is 112 Å². The average molecular weight is 559 g/mol. The molecule has 216 valence electrons. The Bertz CT molecular complexity index is 815. The van der Waals surface area contributed by atoms with Gasteiger partial charge in [-0.05, 0) is 49.3 Å². The van der Waals surface area contributed by atoms with E-state index in [0.717, 1.165) is 19.1 Å². The fourth-order valence-electron chi connectivity index (χ4n) is 3.60. The number of aliphatic hydroxyl groups excluding tert-OH is 1. The number of carbonyl (C=O) groups is 1. The molecule has 1 rings (SSSR count). The van der Waals surface area contributed by atoms with E-state index in [1.807, 2.05) is 32.0 Å². The van der Waals surface area contributed by atoms with Crippen LogP contribution < -0.4 is 20.5 Å². The lowest BCUT2D eigenvalue weighted by molar-refractivity contribution is -0.253. The maximum atomic E-state index is 13.2. The highest BCUT2D eigenvalue weighted by atomic mass is 35.5. The fourth-order valence-corrected chi connectivity index (χ4v) is 3.60. The van der Waals surface area contributed by atoms with E-state index >= 15 is 0 Å². The predicted octanol–water partition coefficient (Wildman–Crippen LogP) is 3.51. The summed E-state index contributed by atoms with van der Waals surface area (Å²) < 4.78 is 60.2. The van der Waals surface area contributed by atoms with Crippen LogP contribution in [0.3, 0.4) is 0 Å². The van der Waals surface area contributed by atoms with Crippen LogP contribution in [-0.2, 0) is 20.7 Å². The summed E-state index contributed by atoms with van der Waals surface area (Å²) in [5.74, 6) is 0.0986. The number of ether oxygens (including phenoxy) is 4. The lowest BCUT2D eigenvalue weighted by Gasteiger charge is -2.31. The number of methoxy groups -OCH3 is 3. The SMILES string of the molecule is COCCCOc1cc(CC(CC(N)C(O)CNC(=O)[C@](C)(OC)C(F)(F)F)C(C)C)ccc1OC.Cl. The minimum absolute atomic E-state index is 0. The third-order valence-electron chi connectivity index (χ3n) is 6.34. The first-order valence-corrected chi connectivity index (χ1v) is 11.9. The second-order valence-corrected chi connectivity index (χ2v) is 9.30. The fraction of sp³-hybridized carbons (Fsp3) is 0.720. The Hall–Kier alpha value is -1.79. The number of hydrogen-bond acceptors (Lipinski definition) is 7. The number of nitrogens with two attached hydrogens (primary N) is 1. The van der Waals surface area contributed by atoms with Crippen LogP contribution in [0, 0.1) is 11.8 Å². The lowest BCUT2D eigenvalue weighted by atomic mass is 9.83. The zero-order valence-corrected chi connectivity index (χ0v) is 23.2. The third-order valence-corrected chi connectivity index (χ3v) is 6.34. The molecular formula is C25H42ClF3N2O6. The molecule has 0 heterocycles. The maximum Gasteiger partial charge on any atom is 0.426 e. The van der Waals surface area contributed by atoms with E-state index in [9.17, 15) is 23.1 Å². The van der Waals surface area contributed by atoms with Gasteiger partial charge in [-0.25, -0.2) is 0 Å². The summed E-state index contributed by atoms with van der Waals surface area (Å²) in [5, 5.41) is 12.6. The van der Waals surface area contributed by atoms with Crippen molar-refractivity contribution < 1.29 is 42.0 Å². The van der Waals surface area contributed by atoms with Gasteiger partial charge in [-0.15, -0.1) is 12.4 Å². The molecule has 0 fully saturated rings.